The second-order valence-electron chi connectivity index (χ2n) is 7.98. The molecule has 35 heavy (non-hydrogen) atoms. The lowest BCUT2D eigenvalue weighted by Gasteiger charge is -2.24. The number of benzene rings is 2. The van der Waals surface area contributed by atoms with Crippen molar-refractivity contribution in [2.24, 2.45) is 0 Å². The molecule has 0 aliphatic carbocycles. The van der Waals surface area contributed by atoms with Crippen molar-refractivity contribution in [2.75, 3.05) is 11.4 Å². The van der Waals surface area contributed by atoms with Crippen molar-refractivity contribution in [3.63, 3.8) is 0 Å². The van der Waals surface area contributed by atoms with Gasteiger partial charge in [0.25, 0.3) is 11.5 Å². The summed E-state index contributed by atoms with van der Waals surface area (Å²) >= 11 is 0. The first-order chi connectivity index (χ1) is 16.6. The first kappa shape index (κ1) is 25.3. The molecule has 1 heterocycles. The van der Waals surface area contributed by atoms with Crippen molar-refractivity contribution in [2.45, 2.75) is 39.3 Å². The van der Waals surface area contributed by atoms with Crippen molar-refractivity contribution in [1.29, 1.82) is 0 Å². The standard InChI is InChI=1S/C24H25FN4O6/c1-3-29(12-14-4-6-18-16(10-14)23(33)27-13(2)26-18)20-8-5-15(11-17(20)25)22(32)28-19(24(34)35)7-9-21(30)31/h4-6,8,10-11,19H,3,7,9,12H2,1-2H3,(H,28,32)(H,30,31)(H,34,35)(H,26,27,33)/t19-/m0/s1. The van der Waals surface area contributed by atoms with Crippen LogP contribution >= 0.6 is 0 Å². The fraction of sp³-hybridized carbons (Fsp3) is 0.292. The van der Waals surface area contributed by atoms with Crippen molar-refractivity contribution in [1.82, 2.24) is 15.3 Å². The number of aliphatic carboxylic acids is 2. The van der Waals surface area contributed by atoms with Crippen LogP contribution in [0.4, 0.5) is 10.1 Å². The number of aromatic nitrogens is 2. The summed E-state index contributed by atoms with van der Waals surface area (Å²) in [5.41, 5.74) is 1.19. The average Bonchev–Trinajstić information content (AvgIpc) is 2.80. The summed E-state index contributed by atoms with van der Waals surface area (Å²) in [7, 11) is 0. The number of nitrogens with one attached hydrogen (secondary N) is 2. The molecule has 3 rings (SSSR count). The van der Waals surface area contributed by atoms with Gasteiger partial charge in [0.05, 0.1) is 16.6 Å². The fourth-order valence-electron chi connectivity index (χ4n) is 3.66. The van der Waals surface area contributed by atoms with E-state index in [0.29, 0.717) is 29.8 Å². The Morgan fingerprint density at radius 3 is 2.54 bits per heavy atom. The number of H-pyrrole nitrogens is 1. The molecule has 0 radical (unpaired) electrons. The number of halogens is 1. The van der Waals surface area contributed by atoms with Crippen LogP contribution in [0.15, 0.2) is 41.2 Å². The molecule has 0 saturated carbocycles. The van der Waals surface area contributed by atoms with Gasteiger partial charge >= 0.3 is 11.9 Å². The maximum absolute atomic E-state index is 15.0. The van der Waals surface area contributed by atoms with Crippen molar-refractivity contribution >= 4 is 34.4 Å². The number of hydrogen-bond donors (Lipinski definition) is 4. The Hall–Kier alpha value is -4.28. The fourth-order valence-corrected chi connectivity index (χ4v) is 3.66. The predicted molar refractivity (Wildman–Crippen MR) is 126 cm³/mol. The monoisotopic (exact) mass is 484 g/mol. The lowest BCUT2D eigenvalue weighted by atomic mass is 10.1. The Morgan fingerprint density at radius 2 is 1.91 bits per heavy atom. The van der Waals surface area contributed by atoms with Gasteiger partial charge in [-0.3, -0.25) is 14.4 Å². The molecule has 4 N–H and O–H groups in total. The van der Waals surface area contributed by atoms with E-state index in [2.05, 4.69) is 15.3 Å². The number of carbonyl (C=O) groups is 3. The number of aromatic amines is 1. The molecule has 0 saturated heterocycles. The summed E-state index contributed by atoms with van der Waals surface area (Å²) in [6, 6.07) is 7.60. The molecule has 0 bridgehead atoms. The summed E-state index contributed by atoms with van der Waals surface area (Å²) in [5.74, 6) is -3.58. The summed E-state index contributed by atoms with van der Waals surface area (Å²) < 4.78 is 15.0. The molecule has 0 fully saturated rings. The number of aryl methyl sites for hydroxylation is 1. The van der Waals surface area contributed by atoms with Gasteiger partial charge in [-0.1, -0.05) is 6.07 Å². The minimum Gasteiger partial charge on any atom is -0.481 e. The second-order valence-corrected chi connectivity index (χ2v) is 7.98. The largest absolute Gasteiger partial charge is 0.481 e. The van der Waals surface area contributed by atoms with E-state index in [-0.39, 0.29) is 23.2 Å². The molecule has 0 aliphatic rings. The minimum atomic E-state index is -1.41. The Labute approximate surface area is 199 Å². The number of nitrogens with zero attached hydrogens (tertiary/aromatic N) is 2. The van der Waals surface area contributed by atoms with Crippen LogP contribution in [0, 0.1) is 12.7 Å². The van der Waals surface area contributed by atoms with Crippen molar-refractivity contribution < 1.29 is 29.0 Å². The van der Waals surface area contributed by atoms with Crippen LogP contribution in [0.3, 0.4) is 0 Å². The van der Waals surface area contributed by atoms with Crippen LogP contribution < -0.4 is 15.8 Å². The summed E-state index contributed by atoms with van der Waals surface area (Å²) in [6.45, 7) is 4.24. The van der Waals surface area contributed by atoms with Gasteiger partial charge in [0.15, 0.2) is 0 Å². The van der Waals surface area contributed by atoms with Gasteiger partial charge in [-0.05, 0) is 56.2 Å². The summed E-state index contributed by atoms with van der Waals surface area (Å²) in [5, 5.41) is 20.6. The van der Waals surface area contributed by atoms with E-state index in [9.17, 15) is 28.7 Å². The number of anilines is 1. The first-order valence-electron chi connectivity index (χ1n) is 10.9. The molecule has 1 amide bonds. The molecule has 0 unspecified atom stereocenters. The summed E-state index contributed by atoms with van der Waals surface area (Å²) in [6.07, 6.45) is -0.740. The van der Waals surface area contributed by atoms with Crippen LogP contribution in [0.1, 0.15) is 41.5 Å². The third-order valence-electron chi connectivity index (χ3n) is 5.44. The van der Waals surface area contributed by atoms with E-state index in [4.69, 9.17) is 5.11 Å². The Kier molecular flexibility index (Phi) is 7.80. The van der Waals surface area contributed by atoms with Crippen LogP contribution in [0.5, 0.6) is 0 Å². The number of carboxylic acids is 2. The highest BCUT2D eigenvalue weighted by Gasteiger charge is 2.22. The van der Waals surface area contributed by atoms with Crippen LogP contribution in [0.25, 0.3) is 10.9 Å². The van der Waals surface area contributed by atoms with E-state index in [1.165, 1.54) is 12.1 Å². The van der Waals surface area contributed by atoms with E-state index in [1.54, 1.807) is 30.0 Å². The lowest BCUT2D eigenvalue weighted by Crippen LogP contribution is -2.41. The number of hydrogen-bond acceptors (Lipinski definition) is 6. The highest BCUT2D eigenvalue weighted by Crippen LogP contribution is 2.23. The molecular weight excluding hydrogens is 459 g/mol. The quantitative estimate of drug-likeness (QED) is 0.342. The van der Waals surface area contributed by atoms with Gasteiger partial charge in [-0.25, -0.2) is 14.2 Å². The van der Waals surface area contributed by atoms with Crippen LogP contribution in [0.2, 0.25) is 0 Å². The molecule has 2 aromatic carbocycles. The molecule has 1 atom stereocenters. The van der Waals surface area contributed by atoms with Crippen molar-refractivity contribution in [3.05, 3.63) is 69.5 Å². The van der Waals surface area contributed by atoms with Gasteiger partial charge in [-0.15, -0.1) is 0 Å². The molecule has 3 aromatic rings. The molecule has 184 valence electrons. The topological polar surface area (TPSA) is 153 Å². The average molecular weight is 484 g/mol. The third-order valence-corrected chi connectivity index (χ3v) is 5.44. The molecule has 10 nitrogen and oxygen atoms in total. The molecule has 0 spiro atoms. The number of fused-ring (bicyclic) bond motifs is 1. The zero-order chi connectivity index (χ0) is 25.7. The molecular formula is C24H25FN4O6. The predicted octanol–water partition coefficient (Wildman–Crippen LogP) is 2.44. The highest BCUT2D eigenvalue weighted by molar-refractivity contribution is 5.97. The zero-order valence-electron chi connectivity index (χ0n) is 19.2. The second kappa shape index (κ2) is 10.8. The smallest absolute Gasteiger partial charge is 0.326 e. The van der Waals surface area contributed by atoms with Gasteiger partial charge in [0.2, 0.25) is 0 Å². The summed E-state index contributed by atoms with van der Waals surface area (Å²) in [4.78, 5) is 55.4. The number of carbonyl (C=O) groups excluding carboxylic acids is 1. The molecule has 0 aliphatic heterocycles. The van der Waals surface area contributed by atoms with Crippen LogP contribution in [-0.2, 0) is 16.1 Å². The maximum atomic E-state index is 15.0. The molecule has 1 aromatic heterocycles. The zero-order valence-corrected chi connectivity index (χ0v) is 19.2. The van der Waals surface area contributed by atoms with Crippen molar-refractivity contribution in [3.8, 4) is 0 Å². The van der Waals surface area contributed by atoms with E-state index < -0.39 is 36.1 Å². The number of rotatable bonds is 10. The normalized spacial score (nSPS) is 11.7. The maximum Gasteiger partial charge on any atom is 0.326 e. The van der Waals surface area contributed by atoms with E-state index in [0.717, 1.165) is 11.6 Å². The van der Waals surface area contributed by atoms with Gasteiger partial charge in [0.1, 0.15) is 17.7 Å². The molecule has 11 heteroatoms. The van der Waals surface area contributed by atoms with Crippen LogP contribution in [-0.4, -0.2) is 50.6 Å². The minimum absolute atomic E-state index is 0.0949. The van der Waals surface area contributed by atoms with Gasteiger partial charge < -0.3 is 25.4 Å². The van der Waals surface area contributed by atoms with Gasteiger partial charge in [-0.2, -0.15) is 0 Å². The first-order valence-corrected chi connectivity index (χ1v) is 10.9. The lowest BCUT2D eigenvalue weighted by molar-refractivity contribution is -0.140. The number of amides is 1. The Balaban J connectivity index is 1.79. The van der Waals surface area contributed by atoms with E-state index >= 15 is 0 Å². The Bertz CT molecular complexity index is 1340. The highest BCUT2D eigenvalue weighted by atomic mass is 19.1. The SMILES string of the molecule is CCN(Cc1ccc2nc(C)[nH]c(=O)c2c1)c1ccc(C(=O)N[C@@H](CCC(=O)O)C(=O)O)cc1F. The Morgan fingerprint density at radius 1 is 1.17 bits per heavy atom. The van der Waals surface area contributed by atoms with Gasteiger partial charge in [0, 0.05) is 25.1 Å². The van der Waals surface area contributed by atoms with E-state index in [1.807, 2.05) is 6.92 Å². The number of carboxylic acid groups (broad SMARTS) is 2. The third kappa shape index (κ3) is 6.19.